The number of aliphatic hydroxyl groups excluding tert-OH is 1. The molecule has 0 bridgehead atoms. The number of hydrogen-bond acceptors (Lipinski definition) is 3. The lowest BCUT2D eigenvalue weighted by atomic mass is 9.43. The van der Waals surface area contributed by atoms with Gasteiger partial charge in [-0.3, -0.25) is 4.79 Å². The van der Waals surface area contributed by atoms with E-state index in [1.807, 2.05) is 25.1 Å². The lowest BCUT2D eigenvalue weighted by Gasteiger charge is -2.60. The summed E-state index contributed by atoms with van der Waals surface area (Å²) in [6.45, 7) is 31.3. The smallest absolute Gasteiger partial charge is 0.311 e. The van der Waals surface area contributed by atoms with Crippen LogP contribution in [0.5, 0.6) is 5.75 Å². The van der Waals surface area contributed by atoms with Crippen LogP contribution in [-0.2, 0) is 17.6 Å². The topological polar surface area (TPSA) is 46.5 Å². The summed E-state index contributed by atoms with van der Waals surface area (Å²) < 4.78 is 5.58. The molecular formula is C40H48O3. The number of hydrogen-bond donors (Lipinski definition) is 1. The minimum absolute atomic E-state index is 0.195. The van der Waals surface area contributed by atoms with E-state index in [4.69, 9.17) is 11.3 Å². The number of esters is 1. The number of allylic oxidation sites excluding steroid dienone is 6. The minimum atomic E-state index is -0.621. The van der Waals surface area contributed by atoms with E-state index in [9.17, 15) is 9.90 Å². The highest BCUT2D eigenvalue weighted by atomic mass is 16.5. The number of aliphatic hydroxyl groups is 1. The maximum atomic E-state index is 12.8. The molecule has 43 heavy (non-hydrogen) atoms. The number of fused-ring (bicyclic) bond motifs is 3. The molecule has 3 heteroatoms. The van der Waals surface area contributed by atoms with Crippen molar-refractivity contribution in [2.45, 2.75) is 93.4 Å². The Labute approximate surface area is 258 Å². The Hall–Kier alpha value is -3.59. The van der Waals surface area contributed by atoms with Gasteiger partial charge in [0.05, 0.1) is 5.41 Å². The van der Waals surface area contributed by atoms with Crippen LogP contribution in [0.3, 0.4) is 0 Å². The van der Waals surface area contributed by atoms with E-state index >= 15 is 0 Å². The Morgan fingerprint density at radius 1 is 1.07 bits per heavy atom. The first-order valence-electron chi connectivity index (χ1n) is 15.7. The van der Waals surface area contributed by atoms with Gasteiger partial charge in [0.25, 0.3) is 0 Å². The van der Waals surface area contributed by atoms with Crippen molar-refractivity contribution >= 4 is 11.5 Å². The second-order valence-electron chi connectivity index (χ2n) is 14.4. The lowest BCUT2D eigenvalue weighted by Crippen LogP contribution is -2.53. The molecule has 3 aliphatic rings. The molecule has 0 spiro atoms. The first-order chi connectivity index (χ1) is 20.1. The predicted molar refractivity (Wildman–Crippen MR) is 178 cm³/mol. The zero-order valence-electron chi connectivity index (χ0n) is 27.5. The molecule has 1 N–H and O–H groups in total. The standard InChI is InChI=1S/C40H48O3/c1-23(2)31-19-29(17-18-33(41)43-30-15-13-12-14-16-30)26(6)35-27(7)36-37(42)40(11)28(8)34(24(3)4)25(5)20-39(40,10)22-38(36,9)21-32(31)35/h12-16,19,23,42H,3,7-8,17-18,20-22H2,1-2,4-6,9-11H3/t38-,39+,40-/m1/s1. The van der Waals surface area contributed by atoms with Gasteiger partial charge in [0.15, 0.2) is 0 Å². The third kappa shape index (κ3) is 4.67. The van der Waals surface area contributed by atoms with Crippen LogP contribution in [-0.4, -0.2) is 11.1 Å². The zero-order chi connectivity index (χ0) is 31.6. The maximum absolute atomic E-state index is 12.8. The van der Waals surface area contributed by atoms with Crippen LogP contribution in [0.15, 0.2) is 89.8 Å². The predicted octanol–water partition coefficient (Wildman–Crippen LogP) is 10.3. The van der Waals surface area contributed by atoms with Crippen LogP contribution < -0.4 is 4.74 Å². The second-order valence-corrected chi connectivity index (χ2v) is 14.4. The third-order valence-electron chi connectivity index (χ3n) is 10.9. The van der Waals surface area contributed by atoms with Crippen LogP contribution in [0.4, 0.5) is 0 Å². The zero-order valence-corrected chi connectivity index (χ0v) is 27.5. The van der Waals surface area contributed by atoms with E-state index in [1.54, 1.807) is 12.1 Å². The SMILES string of the molecule is C=C(C)C1=C(C)C[C@@]2(C)C[C@@]3(C)Cc4c(C(C)C)cc(CCC(=O)Oc5ccccc5)c(C)c4C(=C)C3=C(O)[C@@]2(C)C1=C. The van der Waals surface area contributed by atoms with Crippen molar-refractivity contribution in [3.05, 3.63) is 118 Å². The fourth-order valence-corrected chi connectivity index (χ4v) is 8.87. The summed E-state index contributed by atoms with van der Waals surface area (Å²) in [6.07, 6.45) is 3.54. The molecule has 0 amide bonds. The van der Waals surface area contributed by atoms with E-state index in [0.29, 0.717) is 23.8 Å². The lowest BCUT2D eigenvalue weighted by molar-refractivity contribution is -0.134. The highest BCUT2D eigenvalue weighted by Gasteiger charge is 2.61. The Morgan fingerprint density at radius 2 is 1.72 bits per heavy atom. The summed E-state index contributed by atoms with van der Waals surface area (Å²) in [7, 11) is 0. The summed E-state index contributed by atoms with van der Waals surface area (Å²) >= 11 is 0. The summed E-state index contributed by atoms with van der Waals surface area (Å²) in [4.78, 5) is 12.8. The normalized spacial score (nSPS) is 26.7. The number of carbonyl (C=O) groups is 1. The van der Waals surface area contributed by atoms with Crippen LogP contribution >= 0.6 is 0 Å². The van der Waals surface area contributed by atoms with Crippen molar-refractivity contribution in [3.8, 4) is 5.75 Å². The van der Waals surface area contributed by atoms with Gasteiger partial charge in [0, 0.05) is 17.4 Å². The molecule has 5 rings (SSSR count). The molecule has 226 valence electrons. The highest BCUT2D eigenvalue weighted by molar-refractivity contribution is 5.87. The number of ether oxygens (including phenoxy) is 1. The Kier molecular flexibility index (Phi) is 7.56. The molecule has 2 aromatic carbocycles. The van der Waals surface area contributed by atoms with Crippen molar-refractivity contribution in [3.63, 3.8) is 0 Å². The first kappa shape index (κ1) is 30.9. The molecule has 3 nitrogen and oxygen atoms in total. The Balaban J connectivity index is 1.60. The summed E-state index contributed by atoms with van der Waals surface area (Å²) in [6, 6.07) is 11.5. The molecule has 0 saturated heterocycles. The van der Waals surface area contributed by atoms with Gasteiger partial charge in [0.2, 0.25) is 0 Å². The summed E-state index contributed by atoms with van der Waals surface area (Å²) in [5.74, 6) is 1.04. The Bertz CT molecular complexity index is 1630. The van der Waals surface area contributed by atoms with Gasteiger partial charge < -0.3 is 9.84 Å². The first-order valence-corrected chi connectivity index (χ1v) is 15.7. The average Bonchev–Trinajstić information content (AvgIpc) is 2.90. The number of carbonyl (C=O) groups excluding carboxylic acids is 1. The second kappa shape index (κ2) is 10.5. The van der Waals surface area contributed by atoms with Crippen LogP contribution in [0.1, 0.15) is 101 Å². The van der Waals surface area contributed by atoms with E-state index < -0.39 is 5.41 Å². The van der Waals surface area contributed by atoms with Gasteiger partial charge in [-0.25, -0.2) is 0 Å². The van der Waals surface area contributed by atoms with Crippen molar-refractivity contribution in [1.82, 2.24) is 0 Å². The van der Waals surface area contributed by atoms with E-state index in [-0.39, 0.29) is 23.2 Å². The van der Waals surface area contributed by atoms with Gasteiger partial charge in [-0.1, -0.05) is 82.8 Å². The monoisotopic (exact) mass is 576 g/mol. The van der Waals surface area contributed by atoms with Crippen molar-refractivity contribution in [1.29, 1.82) is 0 Å². The largest absolute Gasteiger partial charge is 0.511 e. The molecule has 0 fully saturated rings. The van der Waals surface area contributed by atoms with Crippen LogP contribution in [0, 0.1) is 23.2 Å². The fourth-order valence-electron chi connectivity index (χ4n) is 8.87. The average molecular weight is 577 g/mol. The molecule has 3 aliphatic carbocycles. The van der Waals surface area contributed by atoms with Gasteiger partial charge >= 0.3 is 5.97 Å². The fraction of sp³-hybridized carbons (Fsp3) is 0.425. The minimum Gasteiger partial charge on any atom is -0.511 e. The highest BCUT2D eigenvalue weighted by Crippen LogP contribution is 2.70. The summed E-state index contributed by atoms with van der Waals surface area (Å²) in [5.41, 5.74) is 11.2. The van der Waals surface area contributed by atoms with E-state index in [0.717, 1.165) is 63.8 Å². The van der Waals surface area contributed by atoms with Gasteiger partial charge in [-0.15, -0.1) is 0 Å². The number of para-hydroxylation sites is 1. The van der Waals surface area contributed by atoms with E-state index in [1.165, 1.54) is 16.7 Å². The molecular weight excluding hydrogens is 528 g/mol. The number of rotatable bonds is 6. The molecule has 0 unspecified atom stereocenters. The van der Waals surface area contributed by atoms with Crippen molar-refractivity contribution in [2.24, 2.45) is 16.2 Å². The number of benzene rings is 2. The van der Waals surface area contributed by atoms with Crippen molar-refractivity contribution in [2.75, 3.05) is 0 Å². The van der Waals surface area contributed by atoms with Gasteiger partial charge in [-0.2, -0.15) is 0 Å². The Morgan fingerprint density at radius 3 is 2.33 bits per heavy atom. The molecule has 0 radical (unpaired) electrons. The molecule has 0 heterocycles. The van der Waals surface area contributed by atoms with Gasteiger partial charge in [-0.05, 0) is 121 Å². The summed E-state index contributed by atoms with van der Waals surface area (Å²) in [5, 5.41) is 12.4. The molecule has 0 aliphatic heterocycles. The number of aryl methyl sites for hydroxylation is 1. The van der Waals surface area contributed by atoms with Crippen LogP contribution in [0.25, 0.3) is 5.57 Å². The molecule has 3 atom stereocenters. The molecule has 2 aromatic rings. The quantitative estimate of drug-likeness (QED) is 0.275. The van der Waals surface area contributed by atoms with Crippen LogP contribution in [0.2, 0.25) is 0 Å². The maximum Gasteiger partial charge on any atom is 0.311 e. The van der Waals surface area contributed by atoms with E-state index in [2.05, 4.69) is 67.7 Å². The van der Waals surface area contributed by atoms with Gasteiger partial charge in [0.1, 0.15) is 11.5 Å². The third-order valence-corrected chi connectivity index (χ3v) is 10.9. The molecule has 0 aromatic heterocycles. The van der Waals surface area contributed by atoms with Crippen molar-refractivity contribution < 1.29 is 14.6 Å². The molecule has 0 saturated carbocycles.